The summed E-state index contributed by atoms with van der Waals surface area (Å²) in [6.45, 7) is 9.14. The van der Waals surface area contributed by atoms with Crippen molar-refractivity contribution in [3.05, 3.63) is 35.1 Å². The Bertz CT molecular complexity index is 429. The Morgan fingerprint density at radius 2 is 2.05 bits per heavy atom. The highest BCUT2D eigenvalue weighted by Crippen LogP contribution is 2.30. The van der Waals surface area contributed by atoms with Crippen LogP contribution in [0, 0.1) is 11.7 Å². The van der Waals surface area contributed by atoms with Crippen LogP contribution in [0.5, 0.6) is 0 Å². The van der Waals surface area contributed by atoms with Crippen molar-refractivity contribution in [2.45, 2.75) is 52.6 Å². The molecule has 0 bridgehead atoms. The van der Waals surface area contributed by atoms with Gasteiger partial charge in [0.05, 0.1) is 0 Å². The molecule has 0 spiro atoms. The molecule has 0 heterocycles. The minimum atomic E-state index is -0.0638. The zero-order valence-electron chi connectivity index (χ0n) is 13.5. The molecule has 0 atom stereocenters. The van der Waals surface area contributed by atoms with E-state index in [1.54, 1.807) is 6.07 Å². The fourth-order valence-corrected chi connectivity index (χ4v) is 2.73. The van der Waals surface area contributed by atoms with Crippen molar-refractivity contribution in [1.82, 2.24) is 10.2 Å². The highest BCUT2D eigenvalue weighted by atomic mass is 19.1. The zero-order chi connectivity index (χ0) is 15.1. The van der Waals surface area contributed by atoms with Crippen LogP contribution in [-0.2, 0) is 13.1 Å². The number of benzene rings is 1. The molecule has 2 rings (SSSR count). The van der Waals surface area contributed by atoms with E-state index in [2.05, 4.69) is 24.1 Å². The van der Waals surface area contributed by atoms with E-state index in [1.807, 2.05) is 12.1 Å². The van der Waals surface area contributed by atoms with Crippen LogP contribution in [0.25, 0.3) is 0 Å². The number of hydrogen-bond acceptors (Lipinski definition) is 2. The Morgan fingerprint density at radius 3 is 2.71 bits per heavy atom. The van der Waals surface area contributed by atoms with Gasteiger partial charge in [-0.25, -0.2) is 4.39 Å². The van der Waals surface area contributed by atoms with Gasteiger partial charge in [0.15, 0.2) is 0 Å². The van der Waals surface area contributed by atoms with Crippen molar-refractivity contribution < 1.29 is 4.39 Å². The minimum Gasteiger partial charge on any atom is -0.313 e. The Morgan fingerprint density at radius 1 is 1.24 bits per heavy atom. The second-order valence-corrected chi connectivity index (χ2v) is 6.28. The van der Waals surface area contributed by atoms with Crippen LogP contribution in [0.3, 0.4) is 0 Å². The van der Waals surface area contributed by atoms with Gasteiger partial charge in [0.1, 0.15) is 5.82 Å². The molecule has 1 saturated carbocycles. The van der Waals surface area contributed by atoms with Gasteiger partial charge in [0.2, 0.25) is 0 Å². The summed E-state index contributed by atoms with van der Waals surface area (Å²) in [5, 5.41) is 3.38. The number of nitrogens with zero attached hydrogens (tertiary/aromatic N) is 1. The lowest BCUT2D eigenvalue weighted by atomic mass is 10.1. The molecule has 0 aromatic heterocycles. The molecule has 118 valence electrons. The fourth-order valence-electron chi connectivity index (χ4n) is 2.73. The monoisotopic (exact) mass is 292 g/mol. The molecule has 3 heteroatoms. The third-order valence-corrected chi connectivity index (χ3v) is 4.01. The number of halogens is 1. The molecular formula is C18H29FN2. The SMILES string of the molecule is CCCNCc1ccc(F)c(CN(CCC)CC2CC2)c1. The minimum absolute atomic E-state index is 0.0638. The molecular weight excluding hydrogens is 263 g/mol. The molecule has 1 aliphatic rings. The first-order chi connectivity index (χ1) is 10.2. The van der Waals surface area contributed by atoms with Crippen molar-refractivity contribution in [2.24, 2.45) is 5.92 Å². The topological polar surface area (TPSA) is 15.3 Å². The first-order valence-corrected chi connectivity index (χ1v) is 8.43. The van der Waals surface area contributed by atoms with E-state index < -0.39 is 0 Å². The molecule has 1 N–H and O–H groups in total. The Labute approximate surface area is 128 Å². The van der Waals surface area contributed by atoms with E-state index >= 15 is 0 Å². The van der Waals surface area contributed by atoms with E-state index in [4.69, 9.17) is 0 Å². The average molecular weight is 292 g/mol. The molecule has 0 aliphatic heterocycles. The summed E-state index contributed by atoms with van der Waals surface area (Å²) in [6.07, 6.45) is 4.96. The molecule has 21 heavy (non-hydrogen) atoms. The van der Waals surface area contributed by atoms with Crippen molar-refractivity contribution in [1.29, 1.82) is 0 Å². The third-order valence-electron chi connectivity index (χ3n) is 4.01. The van der Waals surface area contributed by atoms with Crippen molar-refractivity contribution in [3.63, 3.8) is 0 Å². The molecule has 0 amide bonds. The summed E-state index contributed by atoms with van der Waals surface area (Å²) in [5.41, 5.74) is 2.03. The van der Waals surface area contributed by atoms with Crippen LogP contribution in [-0.4, -0.2) is 24.5 Å². The summed E-state index contributed by atoms with van der Waals surface area (Å²) in [4.78, 5) is 2.42. The number of nitrogens with one attached hydrogen (secondary N) is 1. The fraction of sp³-hybridized carbons (Fsp3) is 0.667. The Kier molecular flexibility index (Phi) is 6.65. The molecule has 0 unspecified atom stereocenters. The summed E-state index contributed by atoms with van der Waals surface area (Å²) in [6, 6.07) is 5.56. The predicted octanol–water partition coefficient (Wildman–Crippen LogP) is 3.95. The molecule has 1 fully saturated rings. The zero-order valence-corrected chi connectivity index (χ0v) is 13.5. The first kappa shape index (κ1) is 16.4. The van der Waals surface area contributed by atoms with Crippen molar-refractivity contribution in [3.8, 4) is 0 Å². The van der Waals surface area contributed by atoms with Gasteiger partial charge in [0.25, 0.3) is 0 Å². The molecule has 0 radical (unpaired) electrons. The second kappa shape index (κ2) is 8.50. The van der Waals surface area contributed by atoms with Gasteiger partial charge in [-0.15, -0.1) is 0 Å². The molecule has 2 nitrogen and oxygen atoms in total. The smallest absolute Gasteiger partial charge is 0.127 e. The maximum Gasteiger partial charge on any atom is 0.127 e. The predicted molar refractivity (Wildman–Crippen MR) is 86.7 cm³/mol. The normalized spacial score (nSPS) is 14.9. The van der Waals surface area contributed by atoms with E-state index in [9.17, 15) is 4.39 Å². The lowest BCUT2D eigenvalue weighted by molar-refractivity contribution is 0.251. The summed E-state index contributed by atoms with van der Waals surface area (Å²) < 4.78 is 14.1. The average Bonchev–Trinajstić information content (AvgIpc) is 3.27. The van der Waals surface area contributed by atoms with Gasteiger partial charge >= 0.3 is 0 Å². The van der Waals surface area contributed by atoms with E-state index in [0.717, 1.165) is 57.0 Å². The summed E-state index contributed by atoms with van der Waals surface area (Å²) >= 11 is 0. The highest BCUT2D eigenvalue weighted by molar-refractivity contribution is 5.25. The Balaban J connectivity index is 1.96. The first-order valence-electron chi connectivity index (χ1n) is 8.43. The number of rotatable bonds is 10. The van der Waals surface area contributed by atoms with E-state index in [-0.39, 0.29) is 5.82 Å². The number of hydrogen-bond donors (Lipinski definition) is 1. The van der Waals surface area contributed by atoms with Gasteiger partial charge in [0, 0.05) is 25.2 Å². The molecule has 1 aliphatic carbocycles. The molecule has 1 aromatic carbocycles. The van der Waals surface area contributed by atoms with Gasteiger partial charge in [-0.05, 0) is 56.3 Å². The highest BCUT2D eigenvalue weighted by Gasteiger charge is 2.24. The van der Waals surface area contributed by atoms with Crippen LogP contribution in [0.1, 0.15) is 50.7 Å². The maximum atomic E-state index is 14.1. The van der Waals surface area contributed by atoms with Crippen molar-refractivity contribution >= 4 is 0 Å². The van der Waals surface area contributed by atoms with Gasteiger partial charge in [-0.1, -0.05) is 26.0 Å². The Hall–Kier alpha value is -0.930. The van der Waals surface area contributed by atoms with E-state index in [1.165, 1.54) is 18.4 Å². The summed E-state index contributed by atoms with van der Waals surface area (Å²) in [5.74, 6) is 0.792. The van der Waals surface area contributed by atoms with Crippen LogP contribution in [0.4, 0.5) is 4.39 Å². The van der Waals surface area contributed by atoms with Crippen LogP contribution >= 0.6 is 0 Å². The largest absolute Gasteiger partial charge is 0.313 e. The van der Waals surface area contributed by atoms with Gasteiger partial charge < -0.3 is 5.32 Å². The maximum absolute atomic E-state index is 14.1. The third kappa shape index (κ3) is 5.76. The quantitative estimate of drug-likeness (QED) is 0.657. The van der Waals surface area contributed by atoms with Gasteiger partial charge in [-0.3, -0.25) is 4.90 Å². The van der Waals surface area contributed by atoms with Crippen LogP contribution in [0.15, 0.2) is 18.2 Å². The van der Waals surface area contributed by atoms with Gasteiger partial charge in [-0.2, -0.15) is 0 Å². The lowest BCUT2D eigenvalue weighted by Crippen LogP contribution is -2.27. The van der Waals surface area contributed by atoms with Crippen LogP contribution < -0.4 is 5.32 Å². The summed E-state index contributed by atoms with van der Waals surface area (Å²) in [7, 11) is 0. The van der Waals surface area contributed by atoms with E-state index in [0.29, 0.717) is 0 Å². The van der Waals surface area contributed by atoms with Crippen molar-refractivity contribution in [2.75, 3.05) is 19.6 Å². The lowest BCUT2D eigenvalue weighted by Gasteiger charge is -2.22. The standard InChI is InChI=1S/C18H29FN2/c1-3-9-20-12-16-7-8-18(19)17(11-16)14-21(10-4-2)13-15-5-6-15/h7-8,11,15,20H,3-6,9-10,12-14H2,1-2H3. The van der Waals surface area contributed by atoms with Crippen LogP contribution in [0.2, 0.25) is 0 Å². The second-order valence-electron chi connectivity index (χ2n) is 6.28. The molecule has 1 aromatic rings. The molecule has 0 saturated heterocycles.